The summed E-state index contributed by atoms with van der Waals surface area (Å²) in [7, 11) is 1.57. The Hall–Kier alpha value is -1.54. The summed E-state index contributed by atoms with van der Waals surface area (Å²) in [6.45, 7) is 1.11. The third-order valence-corrected chi connectivity index (χ3v) is 1.50. The number of methoxy groups -OCH3 is 1. The van der Waals surface area contributed by atoms with Crippen LogP contribution in [0.1, 0.15) is 5.82 Å². The molecule has 8 nitrogen and oxygen atoms in total. The predicted octanol–water partition coefficient (Wildman–Crippen LogP) is -1.52. The normalized spacial score (nSPS) is 10.2. The van der Waals surface area contributed by atoms with E-state index in [2.05, 4.69) is 25.9 Å². The Kier molecular flexibility index (Phi) is 5.26. The molecule has 0 atom stereocenters. The Balaban J connectivity index is 2.04. The average Bonchev–Trinajstić information content (AvgIpc) is 2.74. The van der Waals surface area contributed by atoms with Crippen molar-refractivity contribution in [1.29, 1.82) is 0 Å². The van der Waals surface area contributed by atoms with E-state index in [1.54, 1.807) is 7.11 Å². The minimum Gasteiger partial charge on any atom is -0.382 e. The maximum absolute atomic E-state index is 11.1. The van der Waals surface area contributed by atoms with Gasteiger partial charge in [0.25, 0.3) is 0 Å². The molecule has 1 aromatic rings. The molecule has 0 bridgehead atoms. The van der Waals surface area contributed by atoms with Gasteiger partial charge in [0.1, 0.15) is 6.61 Å². The molecule has 0 aromatic carbocycles. The fraction of sp³-hybridized carbons (Fsp3) is 0.714. The van der Waals surface area contributed by atoms with Gasteiger partial charge >= 0.3 is 0 Å². The number of carbonyl (C=O) groups excluding carboxylic acids is 1. The van der Waals surface area contributed by atoms with Crippen LogP contribution >= 0.6 is 0 Å². The van der Waals surface area contributed by atoms with E-state index in [0.29, 0.717) is 19.0 Å². The van der Waals surface area contributed by atoms with Gasteiger partial charge in [-0.2, -0.15) is 5.21 Å². The lowest BCUT2D eigenvalue weighted by Gasteiger charge is -2.03. The second-order valence-electron chi connectivity index (χ2n) is 2.65. The minimum atomic E-state index is -0.226. The van der Waals surface area contributed by atoms with Crippen molar-refractivity contribution in [2.75, 3.05) is 26.9 Å². The van der Waals surface area contributed by atoms with E-state index in [1.807, 2.05) is 0 Å². The van der Waals surface area contributed by atoms with E-state index in [0.717, 1.165) is 0 Å². The number of nitrogens with zero attached hydrogens (tertiary/aromatic N) is 3. The van der Waals surface area contributed by atoms with Crippen molar-refractivity contribution in [1.82, 2.24) is 25.9 Å². The first-order valence-corrected chi connectivity index (χ1v) is 4.38. The van der Waals surface area contributed by atoms with Gasteiger partial charge in [0.2, 0.25) is 5.91 Å². The van der Waals surface area contributed by atoms with Crippen molar-refractivity contribution >= 4 is 5.91 Å². The number of hydrogen-bond acceptors (Lipinski definition) is 6. The molecule has 0 unspecified atom stereocenters. The SMILES string of the molecule is COCCOCC(=O)NCc1nn[nH]n1. The number of aromatic nitrogens is 4. The van der Waals surface area contributed by atoms with Gasteiger partial charge in [0.05, 0.1) is 19.8 Å². The summed E-state index contributed by atoms with van der Waals surface area (Å²) >= 11 is 0. The summed E-state index contributed by atoms with van der Waals surface area (Å²) in [5.74, 6) is 0.205. The lowest BCUT2D eigenvalue weighted by Crippen LogP contribution is -2.28. The summed E-state index contributed by atoms with van der Waals surface area (Å²) in [5.41, 5.74) is 0. The monoisotopic (exact) mass is 215 g/mol. The molecular formula is C7H13N5O3. The number of tetrazole rings is 1. The Morgan fingerprint density at radius 3 is 3.07 bits per heavy atom. The number of ether oxygens (including phenoxy) is 2. The number of rotatable bonds is 7. The van der Waals surface area contributed by atoms with E-state index in [-0.39, 0.29) is 19.1 Å². The second-order valence-corrected chi connectivity index (χ2v) is 2.65. The zero-order chi connectivity index (χ0) is 10.9. The van der Waals surface area contributed by atoms with Gasteiger partial charge in [-0.1, -0.05) is 5.21 Å². The number of hydrogen-bond donors (Lipinski definition) is 2. The van der Waals surface area contributed by atoms with Gasteiger partial charge < -0.3 is 14.8 Å². The average molecular weight is 215 g/mol. The third-order valence-electron chi connectivity index (χ3n) is 1.50. The van der Waals surface area contributed by atoms with Crippen LogP contribution in [0, 0.1) is 0 Å². The molecule has 0 aliphatic heterocycles. The number of amides is 1. The zero-order valence-corrected chi connectivity index (χ0v) is 8.39. The molecule has 0 aliphatic carbocycles. The summed E-state index contributed by atoms with van der Waals surface area (Å²) in [4.78, 5) is 11.1. The number of aromatic amines is 1. The molecule has 2 N–H and O–H groups in total. The number of carbonyl (C=O) groups is 1. The van der Waals surface area contributed by atoms with Gasteiger partial charge in [-0.15, -0.1) is 10.2 Å². The van der Waals surface area contributed by atoms with Gasteiger partial charge in [-0.3, -0.25) is 4.79 Å². The first kappa shape index (κ1) is 11.5. The lowest BCUT2D eigenvalue weighted by atomic mass is 10.5. The van der Waals surface area contributed by atoms with Crippen LogP contribution < -0.4 is 5.32 Å². The summed E-state index contributed by atoms with van der Waals surface area (Å²) in [5, 5.41) is 15.6. The van der Waals surface area contributed by atoms with Crippen molar-refractivity contribution in [3.05, 3.63) is 5.82 Å². The topological polar surface area (TPSA) is 102 Å². The van der Waals surface area contributed by atoms with Gasteiger partial charge in [0.15, 0.2) is 5.82 Å². The molecule has 1 rings (SSSR count). The molecule has 0 saturated carbocycles. The predicted molar refractivity (Wildman–Crippen MR) is 48.7 cm³/mol. The summed E-state index contributed by atoms with van der Waals surface area (Å²) in [6, 6.07) is 0. The Labute approximate surface area is 86.3 Å². The molecule has 0 spiro atoms. The number of nitrogens with one attached hydrogen (secondary N) is 2. The Morgan fingerprint density at radius 2 is 2.40 bits per heavy atom. The molecule has 0 radical (unpaired) electrons. The minimum absolute atomic E-state index is 0.00120. The first-order chi connectivity index (χ1) is 7.33. The molecular weight excluding hydrogens is 202 g/mol. The van der Waals surface area contributed by atoms with Crippen molar-refractivity contribution < 1.29 is 14.3 Å². The Bertz CT molecular complexity index is 276. The van der Waals surface area contributed by atoms with Crippen LogP contribution in [0.5, 0.6) is 0 Å². The second kappa shape index (κ2) is 6.85. The highest BCUT2D eigenvalue weighted by Gasteiger charge is 2.03. The molecule has 8 heteroatoms. The highest BCUT2D eigenvalue weighted by Crippen LogP contribution is 1.82. The van der Waals surface area contributed by atoms with Crippen LogP contribution in [-0.4, -0.2) is 53.5 Å². The van der Waals surface area contributed by atoms with Crippen molar-refractivity contribution in [3.8, 4) is 0 Å². The van der Waals surface area contributed by atoms with E-state index < -0.39 is 0 Å². The Morgan fingerprint density at radius 1 is 1.53 bits per heavy atom. The largest absolute Gasteiger partial charge is 0.382 e. The molecule has 1 heterocycles. The van der Waals surface area contributed by atoms with Crippen molar-refractivity contribution in [3.63, 3.8) is 0 Å². The highest BCUT2D eigenvalue weighted by atomic mass is 16.5. The van der Waals surface area contributed by atoms with Crippen molar-refractivity contribution in [2.45, 2.75) is 6.54 Å². The third kappa shape index (κ3) is 5.03. The molecule has 84 valence electrons. The summed E-state index contributed by atoms with van der Waals surface area (Å²) in [6.07, 6.45) is 0. The molecule has 0 saturated heterocycles. The van der Waals surface area contributed by atoms with Gasteiger partial charge in [-0.05, 0) is 0 Å². The molecule has 1 amide bonds. The van der Waals surface area contributed by atoms with Crippen LogP contribution in [0.3, 0.4) is 0 Å². The maximum atomic E-state index is 11.1. The standard InChI is InChI=1S/C7H13N5O3/c1-14-2-3-15-5-7(13)8-4-6-9-11-12-10-6/h2-5H2,1H3,(H,8,13)(H,9,10,11,12). The number of H-pyrrole nitrogens is 1. The zero-order valence-electron chi connectivity index (χ0n) is 8.39. The quantitative estimate of drug-likeness (QED) is 0.535. The molecule has 0 fully saturated rings. The molecule has 0 aliphatic rings. The van der Waals surface area contributed by atoms with Crippen molar-refractivity contribution in [2.24, 2.45) is 0 Å². The van der Waals surface area contributed by atoms with Crippen LogP contribution in [-0.2, 0) is 20.8 Å². The van der Waals surface area contributed by atoms with Gasteiger partial charge in [0, 0.05) is 7.11 Å². The molecule has 1 aromatic heterocycles. The first-order valence-electron chi connectivity index (χ1n) is 4.38. The maximum Gasteiger partial charge on any atom is 0.246 e. The van der Waals surface area contributed by atoms with Crippen LogP contribution in [0.25, 0.3) is 0 Å². The van der Waals surface area contributed by atoms with E-state index >= 15 is 0 Å². The van der Waals surface area contributed by atoms with E-state index in [1.165, 1.54) is 0 Å². The highest BCUT2D eigenvalue weighted by molar-refractivity contribution is 5.76. The fourth-order valence-corrected chi connectivity index (χ4v) is 0.793. The van der Waals surface area contributed by atoms with Crippen LogP contribution in [0.15, 0.2) is 0 Å². The molecule has 15 heavy (non-hydrogen) atoms. The van der Waals surface area contributed by atoms with Crippen LogP contribution in [0.2, 0.25) is 0 Å². The van der Waals surface area contributed by atoms with E-state index in [9.17, 15) is 4.79 Å². The fourth-order valence-electron chi connectivity index (χ4n) is 0.793. The summed E-state index contributed by atoms with van der Waals surface area (Å²) < 4.78 is 9.76. The lowest BCUT2D eigenvalue weighted by molar-refractivity contribution is -0.126. The van der Waals surface area contributed by atoms with Crippen LogP contribution in [0.4, 0.5) is 0 Å². The van der Waals surface area contributed by atoms with Gasteiger partial charge in [-0.25, -0.2) is 0 Å². The van der Waals surface area contributed by atoms with E-state index in [4.69, 9.17) is 9.47 Å². The smallest absolute Gasteiger partial charge is 0.246 e.